The summed E-state index contributed by atoms with van der Waals surface area (Å²) in [4.78, 5) is 11.8. The molecule has 1 N–H and O–H groups in total. The van der Waals surface area contributed by atoms with Gasteiger partial charge in [-0.05, 0) is 17.7 Å². The van der Waals surface area contributed by atoms with Crippen molar-refractivity contribution in [3.8, 4) is 0 Å². The molecule has 1 aromatic heterocycles. The van der Waals surface area contributed by atoms with Gasteiger partial charge in [0.15, 0.2) is 0 Å². The van der Waals surface area contributed by atoms with Crippen LogP contribution in [-0.4, -0.2) is 23.2 Å². The number of fused-ring (bicyclic) bond motifs is 1. The van der Waals surface area contributed by atoms with Crippen LogP contribution in [0, 0.1) is 0 Å². The fourth-order valence-electron chi connectivity index (χ4n) is 1.55. The third-order valence-corrected chi connectivity index (χ3v) is 2.35. The number of H-pyrrole nitrogens is 1. The van der Waals surface area contributed by atoms with Gasteiger partial charge in [0.1, 0.15) is 5.82 Å². The minimum Gasteiger partial charge on any atom is -0.342 e. The number of aromatic amines is 1. The van der Waals surface area contributed by atoms with E-state index >= 15 is 0 Å². The number of nitrogens with one attached hydrogen (secondary N) is 1. The van der Waals surface area contributed by atoms with Crippen LogP contribution in [0.25, 0.3) is 11.0 Å². The largest absolute Gasteiger partial charge is 0.342 e. The molecule has 78 valence electrons. The van der Waals surface area contributed by atoms with Gasteiger partial charge in [0, 0.05) is 19.2 Å². The lowest BCUT2D eigenvalue weighted by atomic mass is 10.2. The lowest BCUT2D eigenvalue weighted by Gasteiger charge is -1.95. The molecule has 1 heterocycles. The molecule has 0 atom stereocenters. The van der Waals surface area contributed by atoms with E-state index in [4.69, 9.17) is 0 Å². The van der Waals surface area contributed by atoms with Crippen molar-refractivity contribution < 1.29 is 0 Å². The van der Waals surface area contributed by atoms with Crippen LogP contribution in [0.1, 0.15) is 31.2 Å². The SMILES string of the molecule is C/N=C/c1ccc2[nH]c(C(C)C)nc2c1. The molecule has 3 nitrogen and oxygen atoms in total. The summed E-state index contributed by atoms with van der Waals surface area (Å²) < 4.78 is 0. The predicted molar refractivity (Wildman–Crippen MR) is 63.7 cm³/mol. The highest BCUT2D eigenvalue weighted by Gasteiger charge is 2.05. The molecule has 0 unspecified atom stereocenters. The Balaban J connectivity index is 2.52. The van der Waals surface area contributed by atoms with Gasteiger partial charge in [-0.2, -0.15) is 0 Å². The van der Waals surface area contributed by atoms with Gasteiger partial charge in [-0.15, -0.1) is 0 Å². The molecular formula is C12H15N3. The number of hydrogen-bond donors (Lipinski definition) is 1. The molecule has 2 aromatic rings. The third kappa shape index (κ3) is 1.91. The zero-order chi connectivity index (χ0) is 10.8. The summed E-state index contributed by atoms with van der Waals surface area (Å²) in [6.07, 6.45) is 1.84. The fraction of sp³-hybridized carbons (Fsp3) is 0.333. The van der Waals surface area contributed by atoms with Crippen molar-refractivity contribution in [3.05, 3.63) is 29.6 Å². The van der Waals surface area contributed by atoms with E-state index < -0.39 is 0 Å². The predicted octanol–water partition coefficient (Wildman–Crippen LogP) is 2.74. The van der Waals surface area contributed by atoms with Crippen molar-refractivity contribution >= 4 is 17.2 Å². The normalized spacial score (nSPS) is 12.0. The third-order valence-electron chi connectivity index (χ3n) is 2.35. The highest BCUT2D eigenvalue weighted by molar-refractivity contribution is 5.87. The van der Waals surface area contributed by atoms with E-state index in [-0.39, 0.29) is 0 Å². The first-order valence-electron chi connectivity index (χ1n) is 5.12. The second-order valence-corrected chi connectivity index (χ2v) is 3.94. The smallest absolute Gasteiger partial charge is 0.109 e. The molecule has 0 radical (unpaired) electrons. The molecule has 1 aromatic carbocycles. The van der Waals surface area contributed by atoms with Gasteiger partial charge < -0.3 is 4.98 Å². The lowest BCUT2D eigenvalue weighted by Crippen LogP contribution is -1.88. The Bertz CT molecular complexity index is 495. The van der Waals surface area contributed by atoms with Gasteiger partial charge in [0.05, 0.1) is 11.0 Å². The van der Waals surface area contributed by atoms with E-state index in [1.165, 1.54) is 0 Å². The Hall–Kier alpha value is -1.64. The number of imidazole rings is 1. The average molecular weight is 201 g/mol. The summed E-state index contributed by atoms with van der Waals surface area (Å²) >= 11 is 0. The van der Waals surface area contributed by atoms with Crippen LogP contribution in [-0.2, 0) is 0 Å². The van der Waals surface area contributed by atoms with Crippen LogP contribution < -0.4 is 0 Å². The Morgan fingerprint density at radius 2 is 2.20 bits per heavy atom. The van der Waals surface area contributed by atoms with E-state index in [0.29, 0.717) is 5.92 Å². The van der Waals surface area contributed by atoms with E-state index in [2.05, 4.69) is 28.8 Å². The van der Waals surface area contributed by atoms with Gasteiger partial charge in [-0.1, -0.05) is 19.9 Å². The summed E-state index contributed by atoms with van der Waals surface area (Å²) in [7, 11) is 1.77. The summed E-state index contributed by atoms with van der Waals surface area (Å²) in [6, 6.07) is 6.13. The number of rotatable bonds is 2. The fourth-order valence-corrected chi connectivity index (χ4v) is 1.55. The maximum Gasteiger partial charge on any atom is 0.109 e. The molecule has 0 bridgehead atoms. The van der Waals surface area contributed by atoms with Gasteiger partial charge in [0.25, 0.3) is 0 Å². The molecule has 0 saturated carbocycles. The first kappa shape index (κ1) is 9.90. The first-order chi connectivity index (χ1) is 7.20. The molecule has 0 saturated heterocycles. The molecule has 3 heteroatoms. The lowest BCUT2D eigenvalue weighted by molar-refractivity contribution is 0.799. The van der Waals surface area contributed by atoms with Crippen LogP contribution in [0.4, 0.5) is 0 Å². The highest BCUT2D eigenvalue weighted by atomic mass is 14.9. The van der Waals surface area contributed by atoms with E-state index in [9.17, 15) is 0 Å². The molecule has 0 fully saturated rings. The maximum absolute atomic E-state index is 4.54. The summed E-state index contributed by atoms with van der Waals surface area (Å²) in [5.74, 6) is 1.47. The second-order valence-electron chi connectivity index (χ2n) is 3.94. The van der Waals surface area contributed by atoms with E-state index in [1.54, 1.807) is 7.05 Å². The van der Waals surface area contributed by atoms with Gasteiger partial charge >= 0.3 is 0 Å². The Kier molecular flexibility index (Phi) is 2.54. The monoisotopic (exact) mass is 201 g/mol. The molecular weight excluding hydrogens is 186 g/mol. The summed E-state index contributed by atoms with van der Waals surface area (Å²) in [6.45, 7) is 4.26. The zero-order valence-electron chi connectivity index (χ0n) is 9.28. The van der Waals surface area contributed by atoms with Crippen LogP contribution in [0.15, 0.2) is 23.2 Å². The Morgan fingerprint density at radius 1 is 1.40 bits per heavy atom. The molecule has 0 spiro atoms. The Morgan fingerprint density at radius 3 is 2.87 bits per heavy atom. The van der Waals surface area contributed by atoms with E-state index in [1.807, 2.05) is 24.4 Å². The van der Waals surface area contributed by atoms with Crippen LogP contribution in [0.2, 0.25) is 0 Å². The number of benzene rings is 1. The number of hydrogen-bond acceptors (Lipinski definition) is 2. The van der Waals surface area contributed by atoms with Crippen LogP contribution >= 0.6 is 0 Å². The molecule has 2 rings (SSSR count). The quantitative estimate of drug-likeness (QED) is 0.746. The number of aliphatic imine (C=N–C) groups is 1. The van der Waals surface area contributed by atoms with Crippen molar-refractivity contribution in [2.24, 2.45) is 4.99 Å². The minimum absolute atomic E-state index is 0.431. The molecule has 0 aliphatic rings. The van der Waals surface area contributed by atoms with Gasteiger partial charge in [-0.25, -0.2) is 4.98 Å². The average Bonchev–Trinajstić information content (AvgIpc) is 2.61. The van der Waals surface area contributed by atoms with Crippen LogP contribution in [0.5, 0.6) is 0 Å². The van der Waals surface area contributed by atoms with Crippen molar-refractivity contribution in [1.82, 2.24) is 9.97 Å². The van der Waals surface area contributed by atoms with Gasteiger partial charge in [-0.3, -0.25) is 4.99 Å². The van der Waals surface area contributed by atoms with E-state index in [0.717, 1.165) is 22.4 Å². The van der Waals surface area contributed by atoms with Gasteiger partial charge in [0.2, 0.25) is 0 Å². The van der Waals surface area contributed by atoms with Crippen molar-refractivity contribution in [2.45, 2.75) is 19.8 Å². The van der Waals surface area contributed by atoms with Crippen molar-refractivity contribution in [2.75, 3.05) is 7.05 Å². The summed E-state index contributed by atoms with van der Waals surface area (Å²) in [5, 5.41) is 0. The minimum atomic E-state index is 0.431. The van der Waals surface area contributed by atoms with Crippen LogP contribution in [0.3, 0.4) is 0 Å². The second kappa shape index (κ2) is 3.85. The van der Waals surface area contributed by atoms with Crippen molar-refractivity contribution in [3.63, 3.8) is 0 Å². The zero-order valence-corrected chi connectivity index (χ0v) is 9.28. The molecule has 0 aliphatic heterocycles. The number of nitrogens with zero attached hydrogens (tertiary/aromatic N) is 2. The maximum atomic E-state index is 4.54. The molecule has 0 aliphatic carbocycles. The molecule has 15 heavy (non-hydrogen) atoms. The molecule has 0 amide bonds. The Labute approximate surface area is 89.3 Å². The highest BCUT2D eigenvalue weighted by Crippen LogP contribution is 2.17. The topological polar surface area (TPSA) is 41.0 Å². The number of aromatic nitrogens is 2. The summed E-state index contributed by atoms with van der Waals surface area (Å²) in [5.41, 5.74) is 3.19. The standard InChI is InChI=1S/C12H15N3/c1-8(2)12-14-10-5-4-9(7-13-3)6-11(10)15-12/h4-8H,1-3H3,(H,14,15)/b13-7+. The van der Waals surface area contributed by atoms with Crippen molar-refractivity contribution in [1.29, 1.82) is 0 Å². The first-order valence-corrected chi connectivity index (χ1v) is 5.12.